The van der Waals surface area contributed by atoms with E-state index in [0.717, 1.165) is 34.1 Å². The second-order valence-electron chi connectivity index (χ2n) is 4.04. The monoisotopic (exact) mass is 258 g/mol. The molecule has 0 saturated carbocycles. The van der Waals surface area contributed by atoms with Gasteiger partial charge in [0.1, 0.15) is 5.69 Å². The van der Waals surface area contributed by atoms with E-state index in [1.807, 2.05) is 18.4 Å². The van der Waals surface area contributed by atoms with Crippen LogP contribution in [-0.2, 0) is 0 Å². The summed E-state index contributed by atoms with van der Waals surface area (Å²) in [6.45, 7) is 2.57. The highest BCUT2D eigenvalue weighted by atomic mass is 32.1. The van der Waals surface area contributed by atoms with Crippen LogP contribution >= 0.6 is 11.3 Å². The van der Waals surface area contributed by atoms with Gasteiger partial charge in [0.15, 0.2) is 0 Å². The summed E-state index contributed by atoms with van der Waals surface area (Å²) in [6.07, 6.45) is 6.35. The molecule has 2 aromatic heterocycles. The van der Waals surface area contributed by atoms with Gasteiger partial charge in [-0.05, 0) is 31.2 Å². The molecule has 0 atom stereocenters. The van der Waals surface area contributed by atoms with Crippen molar-refractivity contribution in [1.29, 1.82) is 0 Å². The van der Waals surface area contributed by atoms with E-state index in [1.54, 1.807) is 11.3 Å². The second-order valence-corrected chi connectivity index (χ2v) is 4.99. The van der Waals surface area contributed by atoms with E-state index in [4.69, 9.17) is 9.72 Å². The van der Waals surface area contributed by atoms with E-state index in [1.165, 1.54) is 0 Å². The fourth-order valence-corrected chi connectivity index (χ4v) is 2.70. The van der Waals surface area contributed by atoms with Crippen molar-refractivity contribution >= 4 is 23.5 Å². The molecule has 3 rings (SSSR count). The summed E-state index contributed by atoms with van der Waals surface area (Å²) < 4.78 is 5.63. The van der Waals surface area contributed by atoms with Crippen LogP contribution in [0.15, 0.2) is 17.5 Å². The smallest absolute Gasteiger partial charge is 0.242 e. The topological polar surface area (TPSA) is 35.0 Å². The number of fused-ring (bicyclic) bond motifs is 1. The van der Waals surface area contributed by atoms with Crippen LogP contribution in [0.2, 0.25) is 0 Å². The van der Waals surface area contributed by atoms with E-state index < -0.39 is 0 Å². The lowest BCUT2D eigenvalue weighted by Crippen LogP contribution is -2.34. The predicted octanol–water partition coefficient (Wildman–Crippen LogP) is 1.96. The molecule has 2 heterocycles. The van der Waals surface area contributed by atoms with Crippen LogP contribution in [0.4, 0.5) is 0 Å². The first kappa shape index (κ1) is 11.4. The minimum Gasteiger partial charge on any atom is -0.476 e. The Morgan fingerprint density at radius 3 is 2.67 bits per heavy atom. The number of aromatic nitrogens is 2. The highest BCUT2D eigenvalue weighted by Crippen LogP contribution is 2.28. The first-order valence-corrected chi connectivity index (χ1v) is 7.01. The van der Waals surface area contributed by atoms with E-state index in [2.05, 4.69) is 23.2 Å². The van der Waals surface area contributed by atoms with Gasteiger partial charge in [0.2, 0.25) is 5.88 Å². The Bertz CT molecular complexity index is 662. The molecule has 0 N–H and O–H groups in total. The molecule has 0 aromatic carbocycles. The summed E-state index contributed by atoms with van der Waals surface area (Å²) in [5, 5.41) is 3.97. The molecule has 0 saturated heterocycles. The largest absolute Gasteiger partial charge is 0.476 e. The van der Waals surface area contributed by atoms with Gasteiger partial charge >= 0.3 is 0 Å². The van der Waals surface area contributed by atoms with Crippen LogP contribution in [0, 0.1) is 0 Å². The Morgan fingerprint density at radius 1 is 1.22 bits per heavy atom. The molecule has 0 fully saturated rings. The van der Waals surface area contributed by atoms with Crippen LogP contribution in [0.1, 0.15) is 19.8 Å². The molecule has 0 radical (unpaired) electrons. The number of rotatable bonds is 3. The van der Waals surface area contributed by atoms with Crippen LogP contribution in [0.5, 0.6) is 5.88 Å². The molecule has 0 amide bonds. The lowest BCUT2D eigenvalue weighted by atomic mass is 10.2. The van der Waals surface area contributed by atoms with Crippen molar-refractivity contribution in [1.82, 2.24) is 9.97 Å². The van der Waals surface area contributed by atoms with Gasteiger partial charge in [0, 0.05) is 0 Å². The molecule has 92 valence electrons. The van der Waals surface area contributed by atoms with Crippen molar-refractivity contribution in [2.24, 2.45) is 0 Å². The second kappa shape index (κ2) is 4.90. The molecule has 4 heteroatoms. The van der Waals surface area contributed by atoms with Gasteiger partial charge in [-0.3, -0.25) is 0 Å². The Balaban J connectivity index is 2.23. The number of nitrogens with zero attached hydrogens (tertiary/aromatic N) is 2. The SMILES string of the molecule is CCOc1nc2c(nc1-c1cccs1)=CCCC=2. The zero-order valence-electron chi connectivity index (χ0n) is 10.2. The lowest BCUT2D eigenvalue weighted by molar-refractivity contribution is 0.326. The average Bonchev–Trinajstić information content (AvgIpc) is 2.92. The number of hydrogen-bond acceptors (Lipinski definition) is 4. The third-order valence-corrected chi connectivity index (χ3v) is 3.67. The summed E-state index contributed by atoms with van der Waals surface area (Å²) in [6, 6.07) is 4.07. The van der Waals surface area contributed by atoms with Gasteiger partial charge in [0.25, 0.3) is 0 Å². The zero-order valence-corrected chi connectivity index (χ0v) is 11.0. The molecule has 0 unspecified atom stereocenters. The standard InChI is InChI=1S/C14H14N2OS/c1-2-17-14-13(12-8-5-9-18-12)15-10-6-3-4-7-11(10)16-14/h5-9H,2-4H2,1H3. The van der Waals surface area contributed by atoms with Crippen LogP contribution < -0.4 is 15.4 Å². The summed E-state index contributed by atoms with van der Waals surface area (Å²) in [5.41, 5.74) is 0.858. The van der Waals surface area contributed by atoms with Gasteiger partial charge in [-0.25, -0.2) is 9.97 Å². The molecule has 3 nitrogen and oxygen atoms in total. The normalized spacial score (nSPS) is 13.4. The van der Waals surface area contributed by atoms with Gasteiger partial charge in [-0.1, -0.05) is 18.2 Å². The Morgan fingerprint density at radius 2 is 2.00 bits per heavy atom. The van der Waals surface area contributed by atoms with Crippen LogP contribution in [0.3, 0.4) is 0 Å². The molecule has 2 aromatic rings. The van der Waals surface area contributed by atoms with Crippen LogP contribution in [-0.4, -0.2) is 16.6 Å². The lowest BCUT2D eigenvalue weighted by Gasteiger charge is -2.08. The number of hydrogen-bond donors (Lipinski definition) is 0. The van der Waals surface area contributed by atoms with E-state index in [-0.39, 0.29) is 0 Å². The van der Waals surface area contributed by atoms with Crippen molar-refractivity contribution in [3.8, 4) is 16.5 Å². The molecule has 18 heavy (non-hydrogen) atoms. The van der Waals surface area contributed by atoms with Crippen molar-refractivity contribution in [3.05, 3.63) is 28.2 Å². The maximum absolute atomic E-state index is 5.63. The van der Waals surface area contributed by atoms with Crippen LogP contribution in [0.25, 0.3) is 22.7 Å². The first-order valence-electron chi connectivity index (χ1n) is 6.13. The third-order valence-electron chi connectivity index (χ3n) is 2.80. The molecule has 0 aliphatic heterocycles. The highest BCUT2D eigenvalue weighted by molar-refractivity contribution is 7.13. The zero-order chi connectivity index (χ0) is 12.4. The molecule has 1 aliphatic carbocycles. The Kier molecular flexibility index (Phi) is 3.11. The van der Waals surface area contributed by atoms with Gasteiger partial charge in [0.05, 0.1) is 22.2 Å². The Labute approximate surface area is 109 Å². The van der Waals surface area contributed by atoms with E-state index in [0.29, 0.717) is 12.5 Å². The summed E-state index contributed by atoms with van der Waals surface area (Å²) >= 11 is 1.66. The molecule has 0 spiro atoms. The summed E-state index contributed by atoms with van der Waals surface area (Å²) in [4.78, 5) is 10.4. The van der Waals surface area contributed by atoms with E-state index in [9.17, 15) is 0 Å². The van der Waals surface area contributed by atoms with E-state index >= 15 is 0 Å². The number of thiophene rings is 1. The maximum Gasteiger partial charge on any atom is 0.242 e. The molecule has 1 aliphatic rings. The van der Waals surface area contributed by atoms with Crippen molar-refractivity contribution < 1.29 is 4.74 Å². The number of ether oxygens (including phenoxy) is 1. The minimum atomic E-state index is 0.607. The predicted molar refractivity (Wildman–Crippen MR) is 73.9 cm³/mol. The quantitative estimate of drug-likeness (QED) is 0.844. The molecule has 0 bridgehead atoms. The highest BCUT2D eigenvalue weighted by Gasteiger charge is 2.12. The fourth-order valence-electron chi connectivity index (χ4n) is 2.00. The maximum atomic E-state index is 5.63. The Hall–Kier alpha value is -1.68. The fraction of sp³-hybridized carbons (Fsp3) is 0.286. The van der Waals surface area contributed by atoms with Gasteiger partial charge in [-0.2, -0.15) is 0 Å². The molecular weight excluding hydrogens is 244 g/mol. The summed E-state index contributed by atoms with van der Waals surface area (Å²) in [5.74, 6) is 0.644. The molecular formula is C14H14N2OS. The third kappa shape index (κ3) is 2.04. The summed E-state index contributed by atoms with van der Waals surface area (Å²) in [7, 11) is 0. The average molecular weight is 258 g/mol. The van der Waals surface area contributed by atoms with Gasteiger partial charge < -0.3 is 4.74 Å². The van der Waals surface area contributed by atoms with Gasteiger partial charge in [-0.15, -0.1) is 11.3 Å². The minimum absolute atomic E-state index is 0.607. The van der Waals surface area contributed by atoms with Crippen molar-refractivity contribution in [3.63, 3.8) is 0 Å². The van der Waals surface area contributed by atoms with Crippen molar-refractivity contribution in [2.45, 2.75) is 19.8 Å². The van der Waals surface area contributed by atoms with Crippen molar-refractivity contribution in [2.75, 3.05) is 6.61 Å². The first-order chi connectivity index (χ1) is 8.88.